The molecule has 0 unspecified atom stereocenters. The monoisotopic (exact) mass is 396 g/mol. The zero-order valence-corrected chi connectivity index (χ0v) is 16.7. The molecule has 4 rings (SSSR count). The van der Waals surface area contributed by atoms with Crippen LogP contribution in [0.4, 0.5) is 4.79 Å². The first-order valence-corrected chi connectivity index (χ1v) is 10.4. The number of hydrogen-bond donors (Lipinski definition) is 1. The fraction of sp³-hybridized carbons (Fsp3) is 0.524. The number of nitrogens with one attached hydrogen (secondary N) is 1. The Kier molecular flexibility index (Phi) is 6.07. The molecule has 2 aromatic rings. The van der Waals surface area contributed by atoms with Crippen molar-refractivity contribution in [1.82, 2.24) is 29.9 Å². The highest BCUT2D eigenvalue weighted by Crippen LogP contribution is 2.20. The van der Waals surface area contributed by atoms with E-state index in [4.69, 9.17) is 0 Å². The first-order chi connectivity index (χ1) is 14.2. The molecule has 2 aliphatic rings. The average molecular weight is 396 g/mol. The zero-order valence-electron chi connectivity index (χ0n) is 16.7. The molecule has 0 bridgehead atoms. The fourth-order valence-electron chi connectivity index (χ4n) is 4.17. The lowest BCUT2D eigenvalue weighted by Gasteiger charge is -2.34. The van der Waals surface area contributed by atoms with E-state index in [1.54, 1.807) is 11.0 Å². The van der Waals surface area contributed by atoms with Gasteiger partial charge in [0.1, 0.15) is 12.7 Å². The van der Waals surface area contributed by atoms with Gasteiger partial charge in [0.2, 0.25) is 5.91 Å². The number of rotatable bonds is 5. The molecule has 3 heterocycles. The summed E-state index contributed by atoms with van der Waals surface area (Å²) in [5.74, 6) is -0.114. The molecule has 29 heavy (non-hydrogen) atoms. The van der Waals surface area contributed by atoms with E-state index < -0.39 is 0 Å². The maximum Gasteiger partial charge on any atom is 0.320 e. The van der Waals surface area contributed by atoms with Crippen LogP contribution in [-0.2, 0) is 17.9 Å². The highest BCUT2D eigenvalue weighted by molar-refractivity contribution is 5.81. The lowest BCUT2D eigenvalue weighted by molar-refractivity contribution is -0.126. The Morgan fingerprint density at radius 2 is 1.79 bits per heavy atom. The largest absolute Gasteiger partial charge is 0.352 e. The van der Waals surface area contributed by atoms with Crippen LogP contribution in [0.25, 0.3) is 0 Å². The second-order valence-corrected chi connectivity index (χ2v) is 7.84. The average Bonchev–Trinajstić information content (AvgIpc) is 3.47. The maximum atomic E-state index is 12.8. The Morgan fingerprint density at radius 3 is 2.55 bits per heavy atom. The van der Waals surface area contributed by atoms with Crippen LogP contribution in [0.15, 0.2) is 36.9 Å². The third-order valence-electron chi connectivity index (χ3n) is 5.81. The Hall–Kier alpha value is -2.90. The van der Waals surface area contributed by atoms with E-state index >= 15 is 0 Å². The molecule has 0 radical (unpaired) electrons. The topological polar surface area (TPSA) is 83.4 Å². The molecule has 0 spiro atoms. The second-order valence-electron chi connectivity index (χ2n) is 7.84. The predicted molar refractivity (Wildman–Crippen MR) is 108 cm³/mol. The molecule has 2 fully saturated rings. The first kappa shape index (κ1) is 19.4. The minimum absolute atomic E-state index is 0.0273. The molecule has 2 saturated heterocycles. The first-order valence-electron chi connectivity index (χ1n) is 10.4. The zero-order chi connectivity index (χ0) is 20.1. The number of piperidine rings is 1. The SMILES string of the molecule is O=C(NCc1ccccc1Cn1cncn1)[C@H]1CCCN(C(=O)N2CCCC2)C1. The van der Waals surface area contributed by atoms with Gasteiger partial charge in [0, 0.05) is 32.7 Å². The van der Waals surface area contributed by atoms with Gasteiger partial charge in [-0.25, -0.2) is 14.5 Å². The maximum absolute atomic E-state index is 12.8. The molecule has 3 amide bonds. The molecule has 8 nitrogen and oxygen atoms in total. The smallest absolute Gasteiger partial charge is 0.320 e. The molecular weight excluding hydrogens is 368 g/mol. The number of amides is 3. The summed E-state index contributed by atoms with van der Waals surface area (Å²) in [5, 5.41) is 7.24. The number of likely N-dealkylation sites (tertiary alicyclic amines) is 2. The van der Waals surface area contributed by atoms with Crippen LogP contribution in [-0.4, -0.2) is 62.7 Å². The van der Waals surface area contributed by atoms with Crippen molar-refractivity contribution in [3.8, 4) is 0 Å². The van der Waals surface area contributed by atoms with Crippen molar-refractivity contribution in [2.24, 2.45) is 5.92 Å². The Labute approximate surface area is 170 Å². The van der Waals surface area contributed by atoms with E-state index in [9.17, 15) is 9.59 Å². The third-order valence-corrected chi connectivity index (χ3v) is 5.81. The van der Waals surface area contributed by atoms with E-state index in [0.29, 0.717) is 19.6 Å². The van der Waals surface area contributed by atoms with Crippen LogP contribution in [0.2, 0.25) is 0 Å². The Morgan fingerprint density at radius 1 is 1.03 bits per heavy atom. The number of nitrogens with zero attached hydrogens (tertiary/aromatic N) is 5. The summed E-state index contributed by atoms with van der Waals surface area (Å²) < 4.78 is 1.77. The van der Waals surface area contributed by atoms with Crippen LogP contribution in [0.1, 0.15) is 36.8 Å². The van der Waals surface area contributed by atoms with E-state index in [-0.39, 0.29) is 17.9 Å². The van der Waals surface area contributed by atoms with Crippen molar-refractivity contribution in [3.63, 3.8) is 0 Å². The third kappa shape index (κ3) is 4.75. The summed E-state index contributed by atoms with van der Waals surface area (Å²) >= 11 is 0. The second kappa shape index (κ2) is 9.07. The quantitative estimate of drug-likeness (QED) is 0.836. The molecule has 1 aromatic carbocycles. The van der Waals surface area contributed by atoms with Gasteiger partial charge >= 0.3 is 6.03 Å². The standard InChI is InChI=1S/C21H28N6O2/c28-20(19-8-5-11-26(13-19)21(29)25-9-3-4-10-25)23-12-17-6-1-2-7-18(17)14-27-16-22-15-24-27/h1-2,6-7,15-16,19H,3-5,8-14H2,(H,23,28)/t19-/m0/s1. The number of benzene rings is 1. The van der Waals surface area contributed by atoms with Crippen molar-refractivity contribution >= 4 is 11.9 Å². The van der Waals surface area contributed by atoms with Gasteiger partial charge in [0.15, 0.2) is 0 Å². The van der Waals surface area contributed by atoms with Crippen LogP contribution in [0, 0.1) is 5.92 Å². The summed E-state index contributed by atoms with van der Waals surface area (Å²) in [7, 11) is 0. The lowest BCUT2D eigenvalue weighted by Crippen LogP contribution is -2.49. The minimum Gasteiger partial charge on any atom is -0.352 e. The van der Waals surface area contributed by atoms with E-state index in [1.807, 2.05) is 34.1 Å². The number of carbonyl (C=O) groups excluding carboxylic acids is 2. The summed E-state index contributed by atoms with van der Waals surface area (Å²) in [6, 6.07) is 8.12. The lowest BCUT2D eigenvalue weighted by atomic mass is 9.97. The normalized spacial score (nSPS) is 19.4. The molecule has 154 valence electrons. The molecular formula is C21H28N6O2. The van der Waals surface area contributed by atoms with Gasteiger partial charge in [0.05, 0.1) is 12.5 Å². The van der Waals surface area contributed by atoms with Crippen molar-refractivity contribution in [2.45, 2.75) is 38.8 Å². The predicted octanol–water partition coefficient (Wildman–Crippen LogP) is 1.87. The van der Waals surface area contributed by atoms with Crippen LogP contribution in [0.5, 0.6) is 0 Å². The van der Waals surface area contributed by atoms with Crippen molar-refractivity contribution in [3.05, 3.63) is 48.0 Å². The van der Waals surface area contributed by atoms with Crippen molar-refractivity contribution < 1.29 is 9.59 Å². The molecule has 1 aromatic heterocycles. The van der Waals surface area contributed by atoms with Gasteiger partial charge < -0.3 is 15.1 Å². The van der Waals surface area contributed by atoms with Gasteiger partial charge in [-0.15, -0.1) is 0 Å². The van der Waals surface area contributed by atoms with E-state index in [0.717, 1.165) is 56.4 Å². The molecule has 0 aliphatic carbocycles. The molecule has 1 atom stereocenters. The van der Waals surface area contributed by atoms with Gasteiger partial charge in [-0.1, -0.05) is 24.3 Å². The van der Waals surface area contributed by atoms with Crippen LogP contribution in [0.3, 0.4) is 0 Å². The summed E-state index contributed by atoms with van der Waals surface area (Å²) in [6.07, 6.45) is 7.07. The van der Waals surface area contributed by atoms with E-state index in [1.165, 1.54) is 6.33 Å². The fourth-order valence-corrected chi connectivity index (χ4v) is 4.17. The Balaban J connectivity index is 1.33. The summed E-state index contributed by atoms with van der Waals surface area (Å²) in [6.45, 7) is 4.04. The van der Waals surface area contributed by atoms with Crippen molar-refractivity contribution in [2.75, 3.05) is 26.2 Å². The minimum atomic E-state index is -0.141. The van der Waals surface area contributed by atoms with Crippen LogP contribution >= 0.6 is 0 Å². The number of urea groups is 1. The molecule has 2 aliphatic heterocycles. The van der Waals surface area contributed by atoms with Gasteiger partial charge in [0.25, 0.3) is 0 Å². The molecule has 0 saturated carbocycles. The number of hydrogen-bond acceptors (Lipinski definition) is 4. The van der Waals surface area contributed by atoms with E-state index in [2.05, 4.69) is 15.4 Å². The highest BCUT2D eigenvalue weighted by atomic mass is 16.2. The molecule has 8 heteroatoms. The van der Waals surface area contributed by atoms with Gasteiger partial charge in [-0.3, -0.25) is 4.79 Å². The highest BCUT2D eigenvalue weighted by Gasteiger charge is 2.31. The van der Waals surface area contributed by atoms with Crippen LogP contribution < -0.4 is 5.32 Å². The van der Waals surface area contributed by atoms with Crippen molar-refractivity contribution in [1.29, 1.82) is 0 Å². The summed E-state index contributed by atoms with van der Waals surface area (Å²) in [5.41, 5.74) is 2.17. The Bertz CT molecular complexity index is 831. The van der Waals surface area contributed by atoms with Gasteiger partial charge in [-0.05, 0) is 36.8 Å². The number of carbonyl (C=O) groups is 2. The van der Waals surface area contributed by atoms with Gasteiger partial charge in [-0.2, -0.15) is 5.10 Å². The number of aromatic nitrogens is 3. The summed E-state index contributed by atoms with van der Waals surface area (Å²) in [4.78, 5) is 33.2. The molecule has 1 N–H and O–H groups in total.